The SMILES string of the molecule is CC(=O)ON(CCN(OC(C)=O)C(C)C)C(C)C. The van der Waals surface area contributed by atoms with Crippen molar-refractivity contribution in [3.63, 3.8) is 0 Å². The van der Waals surface area contributed by atoms with Gasteiger partial charge in [-0.3, -0.25) is 9.59 Å². The zero-order valence-corrected chi connectivity index (χ0v) is 12.1. The fourth-order valence-electron chi connectivity index (χ4n) is 1.35. The number of rotatable bonds is 7. The molecule has 0 rings (SSSR count). The number of hydrogen-bond acceptors (Lipinski definition) is 6. The van der Waals surface area contributed by atoms with E-state index in [1.54, 1.807) is 10.1 Å². The summed E-state index contributed by atoms with van der Waals surface area (Å²) in [7, 11) is 0. The van der Waals surface area contributed by atoms with E-state index in [4.69, 9.17) is 9.68 Å². The number of hydrogen-bond donors (Lipinski definition) is 0. The monoisotopic (exact) mass is 260 g/mol. The maximum atomic E-state index is 11.0. The lowest BCUT2D eigenvalue weighted by Gasteiger charge is -2.29. The summed E-state index contributed by atoms with van der Waals surface area (Å²) < 4.78 is 0. The van der Waals surface area contributed by atoms with Crippen molar-refractivity contribution in [2.24, 2.45) is 0 Å². The Hall–Kier alpha value is -1.14. The smallest absolute Gasteiger partial charge is 0.322 e. The Balaban J connectivity index is 4.36. The van der Waals surface area contributed by atoms with Gasteiger partial charge in [0.15, 0.2) is 0 Å². The van der Waals surface area contributed by atoms with E-state index >= 15 is 0 Å². The quantitative estimate of drug-likeness (QED) is 0.644. The zero-order valence-electron chi connectivity index (χ0n) is 12.1. The van der Waals surface area contributed by atoms with E-state index in [1.165, 1.54) is 13.8 Å². The molecule has 0 bridgehead atoms. The number of carbonyl (C=O) groups excluding carboxylic acids is 2. The normalized spacial score (nSPS) is 11.4. The highest BCUT2D eigenvalue weighted by Gasteiger charge is 2.18. The van der Waals surface area contributed by atoms with Crippen LogP contribution in [0.15, 0.2) is 0 Å². The molecular formula is C12H24N2O4. The maximum Gasteiger partial charge on any atom is 0.322 e. The Kier molecular flexibility index (Phi) is 7.54. The summed E-state index contributed by atoms with van der Waals surface area (Å²) in [5.41, 5.74) is 0. The molecule has 0 unspecified atom stereocenters. The van der Waals surface area contributed by atoms with E-state index in [0.29, 0.717) is 13.1 Å². The highest BCUT2D eigenvalue weighted by molar-refractivity contribution is 5.65. The van der Waals surface area contributed by atoms with Crippen molar-refractivity contribution in [2.75, 3.05) is 13.1 Å². The molecule has 0 fully saturated rings. The summed E-state index contributed by atoms with van der Waals surface area (Å²) in [6.07, 6.45) is 0. The predicted octanol–water partition coefficient (Wildman–Crippen LogP) is 1.36. The molecule has 0 aliphatic carbocycles. The predicted molar refractivity (Wildman–Crippen MR) is 67.2 cm³/mol. The van der Waals surface area contributed by atoms with E-state index < -0.39 is 0 Å². The van der Waals surface area contributed by atoms with E-state index in [-0.39, 0.29) is 24.0 Å². The molecule has 0 N–H and O–H groups in total. The molecule has 0 spiro atoms. The van der Waals surface area contributed by atoms with Crippen molar-refractivity contribution >= 4 is 11.9 Å². The molecule has 0 saturated carbocycles. The van der Waals surface area contributed by atoms with Crippen LogP contribution >= 0.6 is 0 Å². The topological polar surface area (TPSA) is 59.1 Å². The third kappa shape index (κ3) is 7.24. The van der Waals surface area contributed by atoms with Crippen LogP contribution in [0.4, 0.5) is 0 Å². The van der Waals surface area contributed by atoms with E-state index in [0.717, 1.165) is 0 Å². The van der Waals surface area contributed by atoms with Crippen molar-refractivity contribution in [2.45, 2.75) is 53.6 Å². The highest BCUT2D eigenvalue weighted by Crippen LogP contribution is 2.04. The summed E-state index contributed by atoms with van der Waals surface area (Å²) in [6, 6.07) is 0.139. The van der Waals surface area contributed by atoms with Crippen LogP contribution < -0.4 is 0 Å². The van der Waals surface area contributed by atoms with Gasteiger partial charge >= 0.3 is 11.9 Å². The fraction of sp³-hybridized carbons (Fsp3) is 0.833. The highest BCUT2D eigenvalue weighted by atomic mass is 16.7. The lowest BCUT2D eigenvalue weighted by molar-refractivity contribution is -0.217. The first kappa shape index (κ1) is 16.9. The maximum absolute atomic E-state index is 11.0. The summed E-state index contributed by atoms with van der Waals surface area (Å²) in [5, 5.41) is 3.14. The molecule has 0 radical (unpaired) electrons. The molecule has 0 atom stereocenters. The van der Waals surface area contributed by atoms with Gasteiger partial charge in [0.25, 0.3) is 0 Å². The molecule has 0 aliphatic heterocycles. The van der Waals surface area contributed by atoms with Crippen molar-refractivity contribution < 1.29 is 19.3 Å². The molecule has 6 heteroatoms. The molecule has 0 aromatic rings. The van der Waals surface area contributed by atoms with Crippen molar-refractivity contribution in [1.82, 2.24) is 10.1 Å². The Labute approximate surface area is 109 Å². The first-order chi connectivity index (χ1) is 8.23. The lowest BCUT2D eigenvalue weighted by Crippen LogP contribution is -2.42. The van der Waals surface area contributed by atoms with Crippen molar-refractivity contribution in [1.29, 1.82) is 0 Å². The Morgan fingerprint density at radius 2 is 1.11 bits per heavy atom. The second-order valence-corrected chi connectivity index (χ2v) is 4.63. The molecule has 18 heavy (non-hydrogen) atoms. The van der Waals surface area contributed by atoms with Gasteiger partial charge in [0.2, 0.25) is 0 Å². The van der Waals surface area contributed by atoms with E-state index in [1.807, 2.05) is 27.7 Å². The third-order valence-corrected chi connectivity index (χ3v) is 2.18. The van der Waals surface area contributed by atoms with Crippen LogP contribution in [0.25, 0.3) is 0 Å². The summed E-state index contributed by atoms with van der Waals surface area (Å²) >= 11 is 0. The molecule has 0 heterocycles. The van der Waals surface area contributed by atoms with Gasteiger partial charge in [-0.15, -0.1) is 10.1 Å². The first-order valence-electron chi connectivity index (χ1n) is 6.14. The molecule has 6 nitrogen and oxygen atoms in total. The summed E-state index contributed by atoms with van der Waals surface area (Å²) in [5.74, 6) is -0.709. The molecule has 0 amide bonds. The second-order valence-electron chi connectivity index (χ2n) is 4.63. The molecule has 106 valence electrons. The minimum atomic E-state index is -0.354. The van der Waals surface area contributed by atoms with Crippen molar-refractivity contribution in [3.8, 4) is 0 Å². The van der Waals surface area contributed by atoms with Gasteiger partial charge in [0.05, 0.1) is 13.1 Å². The van der Waals surface area contributed by atoms with Crippen LogP contribution in [0.3, 0.4) is 0 Å². The number of hydroxylamine groups is 4. The van der Waals surface area contributed by atoms with Crippen LogP contribution in [0.2, 0.25) is 0 Å². The molecule has 0 aromatic carbocycles. The first-order valence-corrected chi connectivity index (χ1v) is 6.14. The molecule has 0 saturated heterocycles. The molecule has 0 aliphatic rings. The lowest BCUT2D eigenvalue weighted by atomic mass is 10.3. The fourth-order valence-corrected chi connectivity index (χ4v) is 1.35. The van der Waals surface area contributed by atoms with Crippen LogP contribution in [-0.4, -0.2) is 47.2 Å². The van der Waals surface area contributed by atoms with Gasteiger partial charge in [0, 0.05) is 25.9 Å². The zero-order chi connectivity index (χ0) is 14.3. The standard InChI is InChI=1S/C12H24N2O4/c1-9(2)13(17-11(5)15)7-8-14(10(3)4)18-12(6)16/h9-10H,7-8H2,1-6H3. The Bertz CT molecular complexity index is 251. The molecule has 0 aromatic heterocycles. The van der Waals surface area contributed by atoms with Gasteiger partial charge in [-0.05, 0) is 27.7 Å². The number of carbonyl (C=O) groups is 2. The van der Waals surface area contributed by atoms with Gasteiger partial charge in [0.1, 0.15) is 0 Å². The van der Waals surface area contributed by atoms with E-state index in [9.17, 15) is 9.59 Å². The van der Waals surface area contributed by atoms with Crippen LogP contribution in [0.5, 0.6) is 0 Å². The Morgan fingerprint density at radius 3 is 1.28 bits per heavy atom. The van der Waals surface area contributed by atoms with Crippen molar-refractivity contribution in [3.05, 3.63) is 0 Å². The Morgan fingerprint density at radius 1 is 0.833 bits per heavy atom. The van der Waals surface area contributed by atoms with Crippen LogP contribution in [0, 0.1) is 0 Å². The van der Waals surface area contributed by atoms with Gasteiger partial charge in [-0.1, -0.05) is 0 Å². The van der Waals surface area contributed by atoms with Gasteiger partial charge in [-0.25, -0.2) is 0 Å². The largest absolute Gasteiger partial charge is 0.368 e. The minimum absolute atomic E-state index is 0.0697. The van der Waals surface area contributed by atoms with Gasteiger partial charge in [-0.2, -0.15) is 0 Å². The third-order valence-electron chi connectivity index (χ3n) is 2.18. The second kappa shape index (κ2) is 8.05. The molecular weight excluding hydrogens is 236 g/mol. The summed E-state index contributed by atoms with van der Waals surface area (Å²) in [4.78, 5) is 32.1. The average Bonchev–Trinajstić information content (AvgIpc) is 2.20. The number of nitrogens with zero attached hydrogens (tertiary/aromatic N) is 2. The minimum Gasteiger partial charge on any atom is -0.368 e. The van der Waals surface area contributed by atoms with Crippen LogP contribution in [0.1, 0.15) is 41.5 Å². The summed E-state index contributed by atoms with van der Waals surface area (Å²) in [6.45, 7) is 11.4. The van der Waals surface area contributed by atoms with Crippen LogP contribution in [-0.2, 0) is 19.3 Å². The average molecular weight is 260 g/mol. The van der Waals surface area contributed by atoms with Gasteiger partial charge < -0.3 is 9.68 Å². The van der Waals surface area contributed by atoms with E-state index in [2.05, 4.69) is 0 Å².